The van der Waals surface area contributed by atoms with E-state index in [2.05, 4.69) is 4.74 Å². The van der Waals surface area contributed by atoms with E-state index in [4.69, 9.17) is 5.73 Å². The summed E-state index contributed by atoms with van der Waals surface area (Å²) in [5.74, 6) is -0.0419. The van der Waals surface area contributed by atoms with Gasteiger partial charge in [0.2, 0.25) is 0 Å². The third kappa shape index (κ3) is 3.30. The molecule has 0 spiro atoms. The molecule has 1 aromatic rings. The maximum absolute atomic E-state index is 12.3. The fraction of sp³-hybridized carbons (Fsp3) is 0.333. The Morgan fingerprint density at radius 1 is 1.20 bits per heavy atom. The normalized spacial score (nSPS) is 11.1. The summed E-state index contributed by atoms with van der Waals surface area (Å²) in [4.78, 5) is 0. The molecule has 0 unspecified atom stereocenters. The lowest BCUT2D eigenvalue weighted by atomic mass is 10.2. The van der Waals surface area contributed by atoms with Gasteiger partial charge >= 0.3 is 0 Å². The van der Waals surface area contributed by atoms with Crippen LogP contribution in [0.2, 0.25) is 0 Å². The van der Waals surface area contributed by atoms with Crippen LogP contribution in [0.4, 0.5) is 23.2 Å². The highest BCUT2D eigenvalue weighted by atomic mass is 19.3. The van der Waals surface area contributed by atoms with Gasteiger partial charge in [0.15, 0.2) is 0 Å². The second-order valence-electron chi connectivity index (χ2n) is 2.79. The minimum atomic E-state index is -2.75. The van der Waals surface area contributed by atoms with Gasteiger partial charge in [-0.05, 0) is 18.2 Å². The van der Waals surface area contributed by atoms with Crippen molar-refractivity contribution in [1.82, 2.24) is 0 Å². The molecule has 0 bridgehead atoms. The van der Waals surface area contributed by atoms with Gasteiger partial charge in [0.25, 0.3) is 12.9 Å². The molecule has 0 fully saturated rings. The summed E-state index contributed by atoms with van der Waals surface area (Å²) in [6.07, 6.45) is -5.39. The van der Waals surface area contributed by atoms with E-state index in [9.17, 15) is 17.6 Å². The summed E-state index contributed by atoms with van der Waals surface area (Å²) in [6, 6.07) is 3.42. The number of anilines is 1. The number of nitrogen functional groups attached to an aromatic ring is 1. The van der Waals surface area contributed by atoms with Crippen LogP contribution in [-0.4, -0.2) is 13.0 Å². The molecule has 0 radical (unpaired) electrons. The first kappa shape index (κ1) is 11.6. The van der Waals surface area contributed by atoms with Crippen LogP contribution in [0.25, 0.3) is 0 Å². The molecule has 0 saturated carbocycles. The van der Waals surface area contributed by atoms with Gasteiger partial charge in [-0.2, -0.15) is 0 Å². The smallest absolute Gasteiger partial charge is 0.272 e. The number of halogens is 4. The molecule has 0 aromatic heterocycles. The number of hydrogen-bond acceptors (Lipinski definition) is 2. The summed E-state index contributed by atoms with van der Waals surface area (Å²) in [6.45, 7) is -0.827. The van der Waals surface area contributed by atoms with Gasteiger partial charge < -0.3 is 10.5 Å². The zero-order chi connectivity index (χ0) is 11.4. The van der Waals surface area contributed by atoms with E-state index in [0.29, 0.717) is 0 Å². The molecule has 0 aliphatic carbocycles. The average molecular weight is 223 g/mol. The highest BCUT2D eigenvalue weighted by Gasteiger charge is 2.13. The highest BCUT2D eigenvalue weighted by Crippen LogP contribution is 2.28. The molecule has 0 saturated heterocycles. The molecule has 0 heterocycles. The first-order valence-electron chi connectivity index (χ1n) is 4.09. The van der Waals surface area contributed by atoms with Crippen LogP contribution in [0.15, 0.2) is 18.2 Å². The predicted molar refractivity (Wildman–Crippen MR) is 47.3 cm³/mol. The SMILES string of the molecule is Nc1ccc(OCC(F)F)cc1C(F)F. The van der Waals surface area contributed by atoms with Gasteiger partial charge in [0.05, 0.1) is 0 Å². The van der Waals surface area contributed by atoms with Gasteiger partial charge in [-0.3, -0.25) is 0 Å². The van der Waals surface area contributed by atoms with Gasteiger partial charge in [0.1, 0.15) is 12.4 Å². The van der Waals surface area contributed by atoms with Crippen LogP contribution in [0.1, 0.15) is 12.0 Å². The van der Waals surface area contributed by atoms with E-state index in [0.717, 1.165) is 6.07 Å². The molecule has 84 valence electrons. The maximum atomic E-state index is 12.3. The summed E-state index contributed by atoms with van der Waals surface area (Å²) in [7, 11) is 0. The second-order valence-corrected chi connectivity index (χ2v) is 2.79. The van der Waals surface area contributed by atoms with Crippen LogP contribution in [0.3, 0.4) is 0 Å². The summed E-state index contributed by atoms with van der Waals surface area (Å²) >= 11 is 0. The van der Waals surface area contributed by atoms with Gasteiger partial charge in [-0.15, -0.1) is 0 Å². The minimum Gasteiger partial charge on any atom is -0.488 e. The fourth-order valence-corrected chi connectivity index (χ4v) is 0.991. The lowest BCUT2D eigenvalue weighted by Gasteiger charge is -2.09. The second kappa shape index (κ2) is 4.86. The predicted octanol–water partition coefficient (Wildman–Crippen LogP) is 2.85. The maximum Gasteiger partial charge on any atom is 0.272 e. The largest absolute Gasteiger partial charge is 0.488 e. The number of benzene rings is 1. The monoisotopic (exact) mass is 223 g/mol. The lowest BCUT2D eigenvalue weighted by molar-refractivity contribution is 0.0816. The third-order valence-corrected chi connectivity index (χ3v) is 1.67. The van der Waals surface area contributed by atoms with Crippen molar-refractivity contribution in [2.75, 3.05) is 12.3 Å². The van der Waals surface area contributed by atoms with Crippen molar-refractivity contribution in [3.05, 3.63) is 23.8 Å². The number of hydrogen-bond donors (Lipinski definition) is 1. The van der Waals surface area contributed by atoms with Crippen molar-refractivity contribution >= 4 is 5.69 Å². The number of nitrogens with two attached hydrogens (primary N) is 1. The number of rotatable bonds is 4. The Bertz CT molecular complexity index is 330. The van der Waals surface area contributed by atoms with Gasteiger partial charge in [0, 0.05) is 11.3 Å². The van der Waals surface area contributed by atoms with Gasteiger partial charge in [-0.1, -0.05) is 0 Å². The Morgan fingerprint density at radius 2 is 1.87 bits per heavy atom. The van der Waals surface area contributed by atoms with Crippen LogP contribution < -0.4 is 10.5 Å². The van der Waals surface area contributed by atoms with E-state index >= 15 is 0 Å². The van der Waals surface area contributed by atoms with Crippen molar-refractivity contribution in [1.29, 1.82) is 0 Å². The molecular weight excluding hydrogens is 214 g/mol. The average Bonchev–Trinajstić information content (AvgIpc) is 2.16. The van der Waals surface area contributed by atoms with Crippen LogP contribution in [0, 0.1) is 0 Å². The molecule has 1 aromatic carbocycles. The van der Waals surface area contributed by atoms with Crippen LogP contribution in [-0.2, 0) is 0 Å². The van der Waals surface area contributed by atoms with Crippen molar-refractivity contribution in [3.63, 3.8) is 0 Å². The Hall–Kier alpha value is -1.46. The van der Waals surface area contributed by atoms with E-state index in [1.165, 1.54) is 12.1 Å². The van der Waals surface area contributed by atoms with E-state index < -0.39 is 25.0 Å². The standard InChI is InChI=1S/C9H9F4NO/c10-8(11)4-15-5-1-2-7(14)6(3-5)9(12)13/h1-3,8-9H,4,14H2. The molecular formula is C9H9F4NO. The molecule has 6 heteroatoms. The quantitative estimate of drug-likeness (QED) is 0.629. The van der Waals surface area contributed by atoms with Crippen molar-refractivity contribution in [2.45, 2.75) is 12.9 Å². The van der Waals surface area contributed by atoms with Crippen molar-refractivity contribution < 1.29 is 22.3 Å². The molecule has 15 heavy (non-hydrogen) atoms. The van der Waals surface area contributed by atoms with Gasteiger partial charge in [-0.25, -0.2) is 17.6 Å². The zero-order valence-corrected chi connectivity index (χ0v) is 7.59. The van der Waals surface area contributed by atoms with Crippen LogP contribution >= 0.6 is 0 Å². The molecule has 0 aliphatic heterocycles. The third-order valence-electron chi connectivity index (χ3n) is 1.67. The van der Waals surface area contributed by atoms with Crippen LogP contribution in [0.5, 0.6) is 5.75 Å². The first-order valence-corrected chi connectivity index (χ1v) is 4.09. The Kier molecular flexibility index (Phi) is 3.76. The van der Waals surface area contributed by atoms with E-state index in [1.807, 2.05) is 0 Å². The van der Waals surface area contributed by atoms with E-state index in [-0.39, 0.29) is 11.4 Å². The van der Waals surface area contributed by atoms with Crippen molar-refractivity contribution in [3.8, 4) is 5.75 Å². The Morgan fingerprint density at radius 3 is 2.40 bits per heavy atom. The highest BCUT2D eigenvalue weighted by molar-refractivity contribution is 5.51. The molecule has 1 rings (SSSR count). The zero-order valence-electron chi connectivity index (χ0n) is 7.59. The number of alkyl halides is 4. The molecule has 0 amide bonds. The molecule has 0 aliphatic rings. The summed E-state index contributed by atoms with van der Waals surface area (Å²) in [5, 5.41) is 0. The number of ether oxygens (including phenoxy) is 1. The Labute approximate surface area is 83.6 Å². The first-order chi connectivity index (χ1) is 7.00. The Balaban J connectivity index is 2.78. The summed E-state index contributed by atoms with van der Waals surface area (Å²) in [5.41, 5.74) is 4.76. The topological polar surface area (TPSA) is 35.2 Å². The lowest BCUT2D eigenvalue weighted by Crippen LogP contribution is -2.07. The molecule has 2 N–H and O–H groups in total. The van der Waals surface area contributed by atoms with E-state index in [1.54, 1.807) is 0 Å². The molecule has 2 nitrogen and oxygen atoms in total. The minimum absolute atomic E-state index is 0.0419. The fourth-order valence-electron chi connectivity index (χ4n) is 0.991. The molecule has 0 atom stereocenters. The van der Waals surface area contributed by atoms with Crippen molar-refractivity contribution in [2.24, 2.45) is 0 Å². The summed E-state index contributed by atoms with van der Waals surface area (Å²) < 4.78 is 52.7.